The first kappa shape index (κ1) is 37.2. The van der Waals surface area contributed by atoms with Gasteiger partial charge in [0.25, 0.3) is 0 Å². The van der Waals surface area contributed by atoms with Crippen molar-refractivity contribution in [3.05, 3.63) is 187 Å². The number of aryl methyl sites for hydroxylation is 1. The van der Waals surface area contributed by atoms with Crippen molar-refractivity contribution in [2.45, 2.75) is 59.3 Å². The van der Waals surface area contributed by atoms with Gasteiger partial charge >= 0.3 is 6.85 Å². The zero-order valence-electron chi connectivity index (χ0n) is 36.0. The standard InChI is InChI=1S/C57H49BN2O/c1-36-22-28-50-45(30-36)47-31-39(37-16-10-8-11-17-37)32-52-55(47)58(60(50)42-26-23-40(24-27-42)56(2,3)4)48-35-54-46(43-20-14-15-21-53(43)61-54)34-51(48)59(52)49-29-25-41(57(5,6)7)33-44(49)38-18-12-9-13-19-38/h8-35H,1-7H3. The minimum Gasteiger partial charge on any atom is -0.456 e. The van der Waals surface area contributed by atoms with Crippen LogP contribution >= 0.6 is 0 Å². The van der Waals surface area contributed by atoms with E-state index in [2.05, 4.69) is 228 Å². The van der Waals surface area contributed by atoms with Gasteiger partial charge in [-0.3, -0.25) is 0 Å². The fourth-order valence-electron chi connectivity index (χ4n) is 9.80. The smallest absolute Gasteiger partial charge is 0.333 e. The highest BCUT2D eigenvalue weighted by Gasteiger charge is 2.46. The number of anilines is 5. The molecule has 61 heavy (non-hydrogen) atoms. The Morgan fingerprint density at radius 3 is 1.82 bits per heavy atom. The molecular formula is C57H49BN2O. The van der Waals surface area contributed by atoms with Crippen LogP contribution in [0.25, 0.3) is 55.3 Å². The van der Waals surface area contributed by atoms with E-state index in [9.17, 15) is 0 Å². The van der Waals surface area contributed by atoms with Gasteiger partial charge in [0.2, 0.25) is 0 Å². The third-order valence-electron chi connectivity index (χ3n) is 13.0. The van der Waals surface area contributed by atoms with Crippen molar-refractivity contribution in [3.8, 4) is 33.4 Å². The molecule has 0 spiro atoms. The second-order valence-electron chi connectivity index (χ2n) is 19.1. The van der Waals surface area contributed by atoms with E-state index in [4.69, 9.17) is 4.42 Å². The SMILES string of the molecule is Cc1ccc2c(c1)-c1cc(-c3ccccc3)cc3c1B(c1cc4oc5ccccc5c4cc1N3c1ccc(C(C)(C)C)cc1-c1ccccc1)N2c1ccc(C(C)(C)C)cc1. The molecule has 11 rings (SSSR count). The third kappa shape index (κ3) is 6.03. The predicted molar refractivity (Wildman–Crippen MR) is 260 cm³/mol. The molecule has 2 aliphatic heterocycles. The highest BCUT2D eigenvalue weighted by molar-refractivity contribution is 6.93. The first-order valence-corrected chi connectivity index (χ1v) is 21.6. The molecular weight excluding hydrogens is 739 g/mol. The summed E-state index contributed by atoms with van der Waals surface area (Å²) in [5.74, 6) is 0. The lowest BCUT2D eigenvalue weighted by molar-refractivity contribution is 0.590. The summed E-state index contributed by atoms with van der Waals surface area (Å²) in [4.78, 5) is 5.18. The van der Waals surface area contributed by atoms with Gasteiger partial charge in [0.15, 0.2) is 0 Å². The monoisotopic (exact) mass is 788 g/mol. The molecule has 0 saturated heterocycles. The van der Waals surface area contributed by atoms with Gasteiger partial charge in [-0.2, -0.15) is 0 Å². The molecule has 0 fully saturated rings. The van der Waals surface area contributed by atoms with Crippen LogP contribution in [0.1, 0.15) is 58.2 Å². The second kappa shape index (κ2) is 13.6. The maximum atomic E-state index is 6.75. The van der Waals surface area contributed by atoms with Crippen LogP contribution < -0.4 is 20.6 Å². The number of para-hydroxylation sites is 1. The Bertz CT molecular complexity index is 3170. The Balaban J connectivity index is 1.30. The lowest BCUT2D eigenvalue weighted by Crippen LogP contribution is -2.61. The summed E-state index contributed by atoms with van der Waals surface area (Å²) in [7, 11) is 0. The highest BCUT2D eigenvalue weighted by Crippen LogP contribution is 2.51. The minimum absolute atomic E-state index is 0.0346. The largest absolute Gasteiger partial charge is 0.456 e. The summed E-state index contributed by atoms with van der Waals surface area (Å²) in [6.07, 6.45) is 0. The molecule has 0 radical (unpaired) electrons. The molecule has 4 heteroatoms. The normalized spacial score (nSPS) is 13.4. The summed E-state index contributed by atoms with van der Waals surface area (Å²) < 4.78 is 6.75. The first-order valence-electron chi connectivity index (χ1n) is 21.6. The third-order valence-corrected chi connectivity index (χ3v) is 13.0. The molecule has 0 amide bonds. The Morgan fingerprint density at radius 1 is 0.443 bits per heavy atom. The molecule has 0 N–H and O–H groups in total. The van der Waals surface area contributed by atoms with Gasteiger partial charge in [0, 0.05) is 44.6 Å². The van der Waals surface area contributed by atoms with E-state index in [1.807, 2.05) is 0 Å². The van der Waals surface area contributed by atoms with Gasteiger partial charge in [-0.1, -0.05) is 150 Å². The lowest BCUT2D eigenvalue weighted by atomic mass is 9.43. The van der Waals surface area contributed by atoms with Crippen molar-refractivity contribution in [1.29, 1.82) is 0 Å². The van der Waals surface area contributed by atoms with Gasteiger partial charge in [-0.05, 0) is 129 Å². The molecule has 1 aromatic heterocycles. The molecule has 3 nitrogen and oxygen atoms in total. The number of hydrogen-bond donors (Lipinski definition) is 0. The zero-order chi connectivity index (χ0) is 41.8. The number of benzene rings is 8. The van der Waals surface area contributed by atoms with Crippen LogP contribution in [-0.4, -0.2) is 6.85 Å². The summed E-state index contributed by atoms with van der Waals surface area (Å²) in [6.45, 7) is 15.8. The summed E-state index contributed by atoms with van der Waals surface area (Å²) in [5, 5.41) is 2.23. The van der Waals surface area contributed by atoms with E-state index >= 15 is 0 Å². The lowest BCUT2D eigenvalue weighted by Gasteiger charge is -2.46. The zero-order valence-corrected chi connectivity index (χ0v) is 36.0. The van der Waals surface area contributed by atoms with Crippen LogP contribution in [0, 0.1) is 6.92 Å². The van der Waals surface area contributed by atoms with Crippen LogP contribution in [0.4, 0.5) is 28.4 Å². The van der Waals surface area contributed by atoms with Gasteiger partial charge in [-0.15, -0.1) is 0 Å². The predicted octanol–water partition coefficient (Wildman–Crippen LogP) is 14.5. The molecule has 3 heterocycles. The first-order chi connectivity index (χ1) is 29.4. The van der Waals surface area contributed by atoms with Crippen LogP contribution in [0.5, 0.6) is 0 Å². The summed E-state index contributed by atoms with van der Waals surface area (Å²) >= 11 is 0. The maximum absolute atomic E-state index is 6.75. The van der Waals surface area contributed by atoms with E-state index in [0.29, 0.717) is 0 Å². The van der Waals surface area contributed by atoms with E-state index in [-0.39, 0.29) is 17.7 Å². The van der Waals surface area contributed by atoms with Crippen LogP contribution in [0.2, 0.25) is 0 Å². The van der Waals surface area contributed by atoms with Gasteiger partial charge < -0.3 is 14.1 Å². The average Bonchev–Trinajstić information content (AvgIpc) is 3.63. The molecule has 0 unspecified atom stereocenters. The van der Waals surface area contributed by atoms with Gasteiger partial charge in [0.1, 0.15) is 11.2 Å². The van der Waals surface area contributed by atoms with Crippen LogP contribution in [0.15, 0.2) is 174 Å². The highest BCUT2D eigenvalue weighted by atomic mass is 16.3. The Kier molecular flexibility index (Phi) is 8.32. The number of furan rings is 1. The number of fused-ring (bicyclic) bond motifs is 7. The fourth-order valence-corrected chi connectivity index (χ4v) is 9.80. The van der Waals surface area contributed by atoms with E-state index in [1.54, 1.807) is 0 Å². The quantitative estimate of drug-likeness (QED) is 0.166. The Hall–Kier alpha value is -6.78. The van der Waals surface area contributed by atoms with E-state index < -0.39 is 0 Å². The Labute approximate surface area is 360 Å². The minimum atomic E-state index is -0.150. The van der Waals surface area contributed by atoms with Crippen molar-refractivity contribution in [2.24, 2.45) is 0 Å². The van der Waals surface area contributed by atoms with Gasteiger partial charge in [-0.25, -0.2) is 0 Å². The average molecular weight is 789 g/mol. The topological polar surface area (TPSA) is 19.6 Å². The second-order valence-corrected chi connectivity index (χ2v) is 19.1. The van der Waals surface area contributed by atoms with E-state index in [1.165, 1.54) is 72.4 Å². The van der Waals surface area contributed by atoms with Gasteiger partial charge in [0.05, 0.1) is 5.69 Å². The summed E-state index contributed by atoms with van der Waals surface area (Å²) in [6, 6.07) is 63.4. The van der Waals surface area contributed by atoms with Crippen molar-refractivity contribution < 1.29 is 4.42 Å². The Morgan fingerprint density at radius 2 is 1.10 bits per heavy atom. The maximum Gasteiger partial charge on any atom is 0.333 e. The van der Waals surface area contributed by atoms with Crippen molar-refractivity contribution in [1.82, 2.24) is 0 Å². The fraction of sp³-hybridized carbons (Fsp3) is 0.158. The number of rotatable bonds is 4. The van der Waals surface area contributed by atoms with Crippen molar-refractivity contribution in [2.75, 3.05) is 9.71 Å². The molecule has 2 aliphatic rings. The van der Waals surface area contributed by atoms with Crippen LogP contribution in [-0.2, 0) is 10.8 Å². The molecule has 0 bridgehead atoms. The van der Waals surface area contributed by atoms with Crippen molar-refractivity contribution in [3.63, 3.8) is 0 Å². The van der Waals surface area contributed by atoms with Crippen molar-refractivity contribution >= 4 is 68.1 Å². The molecule has 0 saturated carbocycles. The molecule has 0 atom stereocenters. The van der Waals surface area contributed by atoms with E-state index in [0.717, 1.165) is 39.0 Å². The summed E-state index contributed by atoms with van der Waals surface area (Å²) in [5.41, 5.74) is 21.3. The number of nitrogens with zero attached hydrogens (tertiary/aromatic N) is 2. The molecule has 0 aliphatic carbocycles. The van der Waals surface area contributed by atoms with Crippen LogP contribution in [0.3, 0.4) is 0 Å². The molecule has 296 valence electrons. The molecule has 9 aromatic rings. The number of hydrogen-bond acceptors (Lipinski definition) is 3. The molecule has 8 aromatic carbocycles.